The molecule has 0 spiro atoms. The van der Waals surface area contributed by atoms with Gasteiger partial charge in [-0.05, 0) is 104 Å². The van der Waals surface area contributed by atoms with Crippen molar-refractivity contribution in [1.82, 2.24) is 9.71 Å². The normalized spacial score (nSPS) is 17.9. The van der Waals surface area contributed by atoms with Gasteiger partial charge in [0.25, 0.3) is 0 Å². The van der Waals surface area contributed by atoms with Gasteiger partial charge in [-0.25, -0.2) is 13.1 Å². The molecule has 1 amide bonds. The Morgan fingerprint density at radius 1 is 1.00 bits per heavy atom. The molecule has 0 bridgehead atoms. The molecule has 1 aromatic heterocycles. The second kappa shape index (κ2) is 9.20. The molecule has 2 atom stereocenters. The van der Waals surface area contributed by atoms with Crippen LogP contribution in [0.2, 0.25) is 0 Å². The van der Waals surface area contributed by atoms with Crippen LogP contribution in [0.25, 0.3) is 0 Å². The molecule has 160 valence electrons. The number of carbonyl (C=O) groups is 1. The molecule has 2 N–H and O–H groups in total. The lowest BCUT2D eigenvalue weighted by atomic mass is 10.1. The van der Waals surface area contributed by atoms with Crippen LogP contribution in [0.3, 0.4) is 0 Å². The van der Waals surface area contributed by atoms with E-state index in [1.54, 1.807) is 24.5 Å². The molecule has 1 aliphatic carbocycles. The van der Waals surface area contributed by atoms with Crippen LogP contribution < -0.4 is 10.0 Å². The van der Waals surface area contributed by atoms with Crippen LogP contribution in [0, 0.1) is 5.92 Å². The molecule has 1 saturated carbocycles. The molecule has 6 nitrogen and oxygen atoms in total. The van der Waals surface area contributed by atoms with E-state index in [9.17, 15) is 13.2 Å². The zero-order chi connectivity index (χ0) is 22.0. The van der Waals surface area contributed by atoms with Crippen molar-refractivity contribution in [3.63, 3.8) is 0 Å². The topological polar surface area (TPSA) is 88.2 Å². The molecule has 1 aliphatic rings. The van der Waals surface area contributed by atoms with E-state index >= 15 is 0 Å². The van der Waals surface area contributed by atoms with Crippen molar-refractivity contribution in [2.75, 3.05) is 5.32 Å². The van der Waals surface area contributed by atoms with Crippen molar-refractivity contribution in [2.45, 2.75) is 23.8 Å². The predicted octanol–water partition coefficient (Wildman–Crippen LogP) is 4.83. The third-order valence-corrected chi connectivity index (χ3v) is 8.44. The van der Waals surface area contributed by atoms with Gasteiger partial charge in [-0.2, -0.15) is 0 Å². The first kappa shape index (κ1) is 22.1. The summed E-state index contributed by atoms with van der Waals surface area (Å²) in [5.74, 6) is 0.0829. The van der Waals surface area contributed by atoms with Crippen LogP contribution >= 0.6 is 31.9 Å². The highest BCUT2D eigenvalue weighted by molar-refractivity contribution is 9.13. The van der Waals surface area contributed by atoms with Crippen LogP contribution in [-0.2, 0) is 21.4 Å². The fraction of sp³-hybridized carbons (Fsp3) is 0.182. The van der Waals surface area contributed by atoms with E-state index in [2.05, 4.69) is 46.9 Å². The Morgan fingerprint density at radius 2 is 1.71 bits per heavy atom. The molecule has 0 aliphatic heterocycles. The number of carbonyl (C=O) groups excluding carboxylic acids is 1. The summed E-state index contributed by atoms with van der Waals surface area (Å²) in [6.45, 7) is 0.171. The van der Waals surface area contributed by atoms with Gasteiger partial charge in [0, 0.05) is 39.5 Å². The lowest BCUT2D eigenvalue weighted by molar-refractivity contribution is -0.117. The summed E-state index contributed by atoms with van der Waals surface area (Å²) in [6.07, 6.45) is 4.26. The molecule has 2 unspecified atom stereocenters. The van der Waals surface area contributed by atoms with E-state index in [4.69, 9.17) is 0 Å². The van der Waals surface area contributed by atoms with Gasteiger partial charge in [-0.15, -0.1) is 0 Å². The van der Waals surface area contributed by atoms with Crippen LogP contribution in [-0.4, -0.2) is 19.3 Å². The van der Waals surface area contributed by atoms with Crippen LogP contribution in [0.15, 0.2) is 80.8 Å². The minimum atomic E-state index is -3.67. The highest BCUT2D eigenvalue weighted by Gasteiger charge is 2.43. The van der Waals surface area contributed by atoms with Gasteiger partial charge in [-0.1, -0.05) is 6.07 Å². The van der Waals surface area contributed by atoms with Crippen molar-refractivity contribution in [2.24, 2.45) is 5.92 Å². The molecular formula is C22H19Br2N3O3S. The third kappa shape index (κ3) is 5.41. The Morgan fingerprint density at radius 3 is 2.39 bits per heavy atom. The third-order valence-electron chi connectivity index (χ3n) is 5.14. The number of sulfonamides is 1. The monoisotopic (exact) mass is 563 g/mol. The highest BCUT2D eigenvalue weighted by Crippen LogP contribution is 2.47. The smallest absolute Gasteiger partial charge is 0.240 e. The Hall–Kier alpha value is -2.07. The molecule has 0 saturated heterocycles. The second-order valence-corrected chi connectivity index (χ2v) is 10.8. The molecule has 1 heterocycles. The fourth-order valence-electron chi connectivity index (χ4n) is 3.33. The highest BCUT2D eigenvalue weighted by atomic mass is 79.9. The summed E-state index contributed by atoms with van der Waals surface area (Å²) < 4.78 is 29.5. The first-order chi connectivity index (χ1) is 14.8. The van der Waals surface area contributed by atoms with Gasteiger partial charge in [0.2, 0.25) is 15.9 Å². The zero-order valence-electron chi connectivity index (χ0n) is 16.3. The molecule has 9 heteroatoms. The van der Waals surface area contributed by atoms with Gasteiger partial charge in [-0.3, -0.25) is 9.78 Å². The van der Waals surface area contributed by atoms with E-state index in [0.29, 0.717) is 5.69 Å². The van der Waals surface area contributed by atoms with Crippen LogP contribution in [0.5, 0.6) is 0 Å². The standard InChI is InChI=1S/C22H19Br2N3O3S/c23-20-6-1-14(11-21(20)24)13-26-31(29,30)17-4-2-16(3-5-17)27-22(28)19-12-18(19)15-7-9-25-10-8-15/h1-11,18-19,26H,12-13H2,(H,27,28). The number of hydrogen-bond acceptors (Lipinski definition) is 4. The van der Waals surface area contributed by atoms with Crippen molar-refractivity contribution in [3.8, 4) is 0 Å². The largest absolute Gasteiger partial charge is 0.326 e. The number of hydrogen-bond donors (Lipinski definition) is 2. The van der Waals surface area contributed by atoms with Gasteiger partial charge in [0.1, 0.15) is 0 Å². The maximum Gasteiger partial charge on any atom is 0.240 e. The zero-order valence-corrected chi connectivity index (χ0v) is 20.2. The number of nitrogens with one attached hydrogen (secondary N) is 2. The molecule has 4 rings (SSSR count). The summed E-state index contributed by atoms with van der Waals surface area (Å²) in [4.78, 5) is 16.6. The number of amides is 1. The number of pyridine rings is 1. The summed E-state index contributed by atoms with van der Waals surface area (Å²) >= 11 is 6.80. The van der Waals surface area contributed by atoms with Crippen LogP contribution in [0.4, 0.5) is 5.69 Å². The van der Waals surface area contributed by atoms with Gasteiger partial charge in [0.15, 0.2) is 0 Å². The maximum atomic E-state index is 12.6. The van der Waals surface area contributed by atoms with Gasteiger partial charge in [0.05, 0.1) is 4.90 Å². The van der Waals surface area contributed by atoms with E-state index < -0.39 is 10.0 Å². The van der Waals surface area contributed by atoms with E-state index in [1.807, 2.05) is 30.3 Å². The van der Waals surface area contributed by atoms with E-state index in [1.165, 1.54) is 12.1 Å². The van der Waals surface area contributed by atoms with Crippen molar-refractivity contribution in [1.29, 1.82) is 0 Å². The Kier molecular flexibility index (Phi) is 6.57. The van der Waals surface area contributed by atoms with Gasteiger partial charge < -0.3 is 5.32 Å². The van der Waals surface area contributed by atoms with Crippen molar-refractivity contribution < 1.29 is 13.2 Å². The van der Waals surface area contributed by atoms with E-state index in [-0.39, 0.29) is 29.2 Å². The number of halogens is 2. The number of nitrogens with zero attached hydrogens (tertiary/aromatic N) is 1. The molecular weight excluding hydrogens is 546 g/mol. The average Bonchev–Trinajstić information content (AvgIpc) is 3.57. The molecule has 31 heavy (non-hydrogen) atoms. The number of rotatable bonds is 7. The summed E-state index contributed by atoms with van der Waals surface area (Å²) in [7, 11) is -3.67. The van der Waals surface area contributed by atoms with Gasteiger partial charge >= 0.3 is 0 Å². The summed E-state index contributed by atoms with van der Waals surface area (Å²) in [5.41, 5.74) is 2.51. The fourth-order valence-corrected chi connectivity index (χ4v) is 5.02. The van der Waals surface area contributed by atoms with Crippen molar-refractivity contribution in [3.05, 3.63) is 87.1 Å². The Labute approximate surface area is 197 Å². The predicted molar refractivity (Wildman–Crippen MR) is 126 cm³/mol. The maximum absolute atomic E-state index is 12.6. The SMILES string of the molecule is O=C(Nc1ccc(S(=O)(=O)NCc2ccc(Br)c(Br)c2)cc1)C1CC1c1ccncc1. The lowest BCUT2D eigenvalue weighted by Crippen LogP contribution is -2.23. The molecule has 2 aromatic carbocycles. The van der Waals surface area contributed by atoms with Crippen molar-refractivity contribution >= 4 is 53.5 Å². The number of aromatic nitrogens is 1. The first-order valence-corrected chi connectivity index (χ1v) is 12.6. The second-order valence-electron chi connectivity index (χ2n) is 7.32. The first-order valence-electron chi connectivity index (χ1n) is 9.58. The minimum Gasteiger partial charge on any atom is -0.326 e. The Balaban J connectivity index is 1.35. The lowest BCUT2D eigenvalue weighted by Gasteiger charge is -2.09. The quantitative estimate of drug-likeness (QED) is 0.430. The average molecular weight is 565 g/mol. The minimum absolute atomic E-state index is 0.0589. The molecule has 0 radical (unpaired) electrons. The summed E-state index contributed by atoms with van der Waals surface area (Å²) in [6, 6.07) is 15.6. The number of anilines is 1. The van der Waals surface area contributed by atoms with E-state index in [0.717, 1.165) is 26.5 Å². The molecule has 3 aromatic rings. The molecule has 1 fully saturated rings. The van der Waals surface area contributed by atoms with Crippen LogP contribution in [0.1, 0.15) is 23.5 Å². The summed E-state index contributed by atoms with van der Waals surface area (Å²) in [5, 5.41) is 2.87. The Bertz CT molecular complexity index is 1200. The number of benzene rings is 2.